The van der Waals surface area contributed by atoms with Gasteiger partial charge in [0.1, 0.15) is 5.75 Å². The second-order valence-electron chi connectivity index (χ2n) is 8.75. The molecule has 1 aromatic carbocycles. The molecule has 168 valence electrons. The lowest BCUT2D eigenvalue weighted by molar-refractivity contribution is -0.140. The highest BCUT2D eigenvalue weighted by molar-refractivity contribution is 7.88. The first-order chi connectivity index (χ1) is 14.8. The van der Waals surface area contributed by atoms with Gasteiger partial charge in [-0.05, 0) is 68.2 Å². The Morgan fingerprint density at radius 1 is 1.19 bits per heavy atom. The van der Waals surface area contributed by atoms with E-state index >= 15 is 0 Å². The molecule has 0 aromatic heterocycles. The average molecular weight is 448 g/mol. The van der Waals surface area contributed by atoms with E-state index in [4.69, 9.17) is 9.47 Å². The SMILES string of the molecule is CS(=O)(=O)NC1CCCN2C(=O)COc3ccc(C#N)cc3C3CCC(CC3)OCC12. The highest BCUT2D eigenvalue weighted by Crippen LogP contribution is 2.39. The van der Waals surface area contributed by atoms with Crippen molar-refractivity contribution in [2.45, 2.75) is 62.6 Å². The van der Waals surface area contributed by atoms with Crippen molar-refractivity contribution in [3.8, 4) is 11.8 Å². The van der Waals surface area contributed by atoms with Gasteiger partial charge in [0.05, 0.1) is 36.6 Å². The third-order valence-corrected chi connectivity index (χ3v) is 7.30. The second-order valence-corrected chi connectivity index (χ2v) is 10.5. The summed E-state index contributed by atoms with van der Waals surface area (Å²) >= 11 is 0. The zero-order valence-corrected chi connectivity index (χ0v) is 18.6. The molecule has 3 aliphatic heterocycles. The lowest BCUT2D eigenvalue weighted by Crippen LogP contribution is -2.59. The first kappa shape index (κ1) is 22.1. The van der Waals surface area contributed by atoms with Gasteiger partial charge in [0.25, 0.3) is 5.91 Å². The molecule has 1 aliphatic carbocycles. The van der Waals surface area contributed by atoms with E-state index in [1.165, 1.54) is 0 Å². The molecule has 1 saturated carbocycles. The van der Waals surface area contributed by atoms with Crippen LogP contribution in [-0.2, 0) is 19.6 Å². The summed E-state index contributed by atoms with van der Waals surface area (Å²) < 4.78 is 38.7. The van der Waals surface area contributed by atoms with Crippen LogP contribution in [0.3, 0.4) is 0 Å². The summed E-state index contributed by atoms with van der Waals surface area (Å²) in [4.78, 5) is 14.8. The van der Waals surface area contributed by atoms with Crippen LogP contribution in [0.2, 0.25) is 0 Å². The van der Waals surface area contributed by atoms with Crippen LogP contribution in [-0.4, -0.2) is 63.4 Å². The van der Waals surface area contributed by atoms with Crippen LogP contribution in [0.5, 0.6) is 5.75 Å². The number of amides is 1. The van der Waals surface area contributed by atoms with Gasteiger partial charge >= 0.3 is 0 Å². The van der Waals surface area contributed by atoms with Crippen LogP contribution in [0.15, 0.2) is 18.2 Å². The van der Waals surface area contributed by atoms with E-state index in [1.807, 2.05) is 6.07 Å². The predicted molar refractivity (Wildman–Crippen MR) is 114 cm³/mol. The van der Waals surface area contributed by atoms with Crippen molar-refractivity contribution in [2.24, 2.45) is 0 Å². The minimum absolute atomic E-state index is 0.0817. The number of hydrogen-bond acceptors (Lipinski definition) is 6. The van der Waals surface area contributed by atoms with Crippen LogP contribution in [0.1, 0.15) is 55.6 Å². The Balaban J connectivity index is 1.63. The Morgan fingerprint density at radius 2 is 1.97 bits per heavy atom. The Hall–Kier alpha value is -2.15. The minimum Gasteiger partial charge on any atom is -0.483 e. The van der Waals surface area contributed by atoms with Gasteiger partial charge in [0, 0.05) is 12.6 Å². The average Bonchev–Trinajstić information content (AvgIpc) is 2.76. The van der Waals surface area contributed by atoms with Crippen molar-refractivity contribution in [1.82, 2.24) is 9.62 Å². The molecule has 1 amide bonds. The first-order valence-corrected chi connectivity index (χ1v) is 12.8. The van der Waals surface area contributed by atoms with Crippen molar-refractivity contribution in [1.29, 1.82) is 5.26 Å². The largest absolute Gasteiger partial charge is 0.483 e. The summed E-state index contributed by atoms with van der Waals surface area (Å²) in [6, 6.07) is 6.82. The lowest BCUT2D eigenvalue weighted by Gasteiger charge is -2.41. The molecule has 9 heteroatoms. The van der Waals surface area contributed by atoms with Crippen molar-refractivity contribution >= 4 is 15.9 Å². The molecular weight excluding hydrogens is 418 g/mol. The Labute approximate surface area is 183 Å². The van der Waals surface area contributed by atoms with Crippen LogP contribution in [0, 0.1) is 11.3 Å². The van der Waals surface area contributed by atoms with E-state index < -0.39 is 10.0 Å². The van der Waals surface area contributed by atoms with E-state index in [9.17, 15) is 18.5 Å². The molecule has 2 fully saturated rings. The number of nitrogens with zero attached hydrogens (tertiary/aromatic N) is 2. The summed E-state index contributed by atoms with van der Waals surface area (Å²) in [5.74, 6) is 0.729. The standard InChI is InChI=1S/C22H29N3O5S/c1-31(27,28)24-19-3-2-10-25-20(19)13-29-17-7-5-16(6-8-17)18-11-15(12-23)4-9-21(18)30-14-22(25)26/h4,9,11,16-17,19-20,24H,2-3,5-8,10,13-14H2,1H3. The third-order valence-electron chi connectivity index (χ3n) is 6.57. The molecule has 1 N–H and O–H groups in total. The molecule has 2 unspecified atom stereocenters. The molecule has 3 heterocycles. The molecule has 8 nitrogen and oxygen atoms in total. The molecule has 4 aliphatic rings. The Kier molecular flexibility index (Phi) is 6.51. The zero-order valence-electron chi connectivity index (χ0n) is 17.7. The monoisotopic (exact) mass is 447 g/mol. The van der Waals surface area contributed by atoms with E-state index in [-0.39, 0.29) is 36.6 Å². The van der Waals surface area contributed by atoms with Crippen molar-refractivity contribution < 1.29 is 22.7 Å². The molecule has 31 heavy (non-hydrogen) atoms. The normalized spacial score (nSPS) is 29.4. The number of sulfonamides is 1. The molecular formula is C22H29N3O5S. The van der Waals surface area contributed by atoms with Gasteiger partial charge in [0.15, 0.2) is 6.61 Å². The second kappa shape index (κ2) is 9.15. The molecule has 2 atom stereocenters. The Morgan fingerprint density at radius 3 is 2.68 bits per heavy atom. The maximum atomic E-state index is 13.1. The fourth-order valence-corrected chi connectivity index (χ4v) is 5.88. The van der Waals surface area contributed by atoms with Crippen LogP contribution in [0.25, 0.3) is 0 Å². The molecule has 2 bridgehead atoms. The Bertz CT molecular complexity index is 966. The fourth-order valence-electron chi connectivity index (χ4n) is 5.05. The van der Waals surface area contributed by atoms with E-state index in [2.05, 4.69) is 10.8 Å². The summed E-state index contributed by atoms with van der Waals surface area (Å²) in [6.45, 7) is 0.725. The van der Waals surface area contributed by atoms with Crippen molar-refractivity contribution in [3.63, 3.8) is 0 Å². The number of carbonyl (C=O) groups is 1. The van der Waals surface area contributed by atoms with Gasteiger partial charge in [-0.15, -0.1) is 0 Å². The molecule has 5 rings (SSSR count). The minimum atomic E-state index is -3.41. The number of nitrogens with one attached hydrogen (secondary N) is 1. The smallest absolute Gasteiger partial charge is 0.260 e. The van der Waals surface area contributed by atoms with Crippen LogP contribution >= 0.6 is 0 Å². The van der Waals surface area contributed by atoms with Crippen molar-refractivity contribution in [2.75, 3.05) is 26.0 Å². The zero-order chi connectivity index (χ0) is 22.0. The third kappa shape index (κ3) is 5.20. The number of piperidine rings is 1. The number of nitriles is 1. The van der Waals surface area contributed by atoms with Gasteiger partial charge < -0.3 is 14.4 Å². The van der Waals surface area contributed by atoms with E-state index in [1.54, 1.807) is 17.0 Å². The van der Waals surface area contributed by atoms with E-state index in [0.717, 1.165) is 37.5 Å². The van der Waals surface area contributed by atoms with Crippen molar-refractivity contribution in [3.05, 3.63) is 29.3 Å². The van der Waals surface area contributed by atoms with Crippen LogP contribution < -0.4 is 9.46 Å². The lowest BCUT2D eigenvalue weighted by atomic mass is 9.82. The summed E-state index contributed by atoms with van der Waals surface area (Å²) in [5, 5.41) is 9.31. The van der Waals surface area contributed by atoms with Gasteiger partial charge in [-0.2, -0.15) is 5.26 Å². The fraction of sp³-hybridized carbons (Fsp3) is 0.636. The highest BCUT2D eigenvalue weighted by atomic mass is 32.2. The maximum absolute atomic E-state index is 13.1. The topological polar surface area (TPSA) is 109 Å². The van der Waals surface area contributed by atoms with E-state index in [0.29, 0.717) is 37.3 Å². The van der Waals surface area contributed by atoms with Gasteiger partial charge in [-0.3, -0.25) is 4.79 Å². The quantitative estimate of drug-likeness (QED) is 0.742. The van der Waals surface area contributed by atoms with Gasteiger partial charge in [0.2, 0.25) is 10.0 Å². The first-order valence-electron chi connectivity index (χ1n) is 10.9. The summed E-state index contributed by atoms with van der Waals surface area (Å²) in [6.07, 6.45) is 6.20. The number of benzene rings is 1. The molecule has 1 aromatic rings. The highest BCUT2D eigenvalue weighted by Gasteiger charge is 2.37. The maximum Gasteiger partial charge on any atom is 0.260 e. The molecule has 1 saturated heterocycles. The molecule has 0 radical (unpaired) electrons. The predicted octanol–water partition coefficient (Wildman–Crippen LogP) is 1.90. The van der Waals surface area contributed by atoms with Crippen LogP contribution in [0.4, 0.5) is 0 Å². The van der Waals surface area contributed by atoms with Gasteiger partial charge in [-0.25, -0.2) is 13.1 Å². The molecule has 0 spiro atoms. The van der Waals surface area contributed by atoms with Gasteiger partial charge in [-0.1, -0.05) is 0 Å². The summed E-state index contributed by atoms with van der Waals surface area (Å²) in [7, 11) is -3.41. The number of hydrogen-bond donors (Lipinski definition) is 1. The number of fused-ring (bicyclic) bond motifs is 5. The number of carbonyl (C=O) groups excluding carboxylic acids is 1. The number of ether oxygens (including phenoxy) is 2. The number of rotatable bonds is 2. The summed E-state index contributed by atoms with van der Waals surface area (Å²) in [5.41, 5.74) is 1.57.